The van der Waals surface area contributed by atoms with Crippen molar-refractivity contribution >= 4 is 40.6 Å². The second-order valence-electron chi connectivity index (χ2n) is 5.59. The Bertz CT molecular complexity index is 955. The number of esters is 1. The summed E-state index contributed by atoms with van der Waals surface area (Å²) in [6.07, 6.45) is 1.56. The van der Waals surface area contributed by atoms with E-state index in [-0.39, 0.29) is 11.5 Å². The Morgan fingerprint density at radius 1 is 1.04 bits per heavy atom. The van der Waals surface area contributed by atoms with Gasteiger partial charge >= 0.3 is 5.97 Å². The molecule has 0 saturated carbocycles. The van der Waals surface area contributed by atoms with Crippen LogP contribution in [0.15, 0.2) is 53.4 Å². The van der Waals surface area contributed by atoms with Crippen molar-refractivity contribution in [2.24, 2.45) is 0 Å². The van der Waals surface area contributed by atoms with Gasteiger partial charge in [0.1, 0.15) is 11.5 Å². The fraction of sp³-hybridized carbons (Fsp3) is 0.150. The molecule has 0 unspecified atom stereocenters. The summed E-state index contributed by atoms with van der Waals surface area (Å²) < 4.78 is 15.3. The summed E-state index contributed by atoms with van der Waals surface area (Å²) in [6.45, 7) is -0.260. The number of carbonyl (C=O) groups is 3. The molecule has 1 fully saturated rings. The average Bonchev–Trinajstić information content (AvgIpc) is 2.99. The fourth-order valence-corrected chi connectivity index (χ4v) is 3.38. The molecule has 1 aliphatic rings. The molecule has 3 rings (SSSR count). The zero-order chi connectivity index (χ0) is 20.1. The maximum atomic E-state index is 12.9. The summed E-state index contributed by atoms with van der Waals surface area (Å²) in [4.78, 5) is 38.0. The normalized spacial score (nSPS) is 15.1. The first-order chi connectivity index (χ1) is 13.5. The van der Waals surface area contributed by atoms with Crippen molar-refractivity contribution in [1.29, 1.82) is 0 Å². The van der Waals surface area contributed by atoms with Gasteiger partial charge in [-0.2, -0.15) is 0 Å². The van der Waals surface area contributed by atoms with E-state index in [1.165, 1.54) is 14.2 Å². The summed E-state index contributed by atoms with van der Waals surface area (Å²) >= 11 is 0.824. The maximum Gasteiger partial charge on any atom is 0.343 e. The number of rotatable bonds is 6. The number of amides is 2. The minimum atomic E-state index is -0.522. The Hall–Kier alpha value is -3.26. The number of hydrogen-bond donors (Lipinski definition) is 0. The number of anilines is 1. The van der Waals surface area contributed by atoms with Gasteiger partial charge in [0.15, 0.2) is 6.61 Å². The van der Waals surface area contributed by atoms with Crippen LogP contribution in [-0.2, 0) is 14.3 Å². The SMILES string of the molecule is COC(=O)COc1ccccc1C=C1SC(=O)N(c2ccccc2OC)C1=O. The summed E-state index contributed by atoms with van der Waals surface area (Å²) in [6, 6.07) is 13.7. The van der Waals surface area contributed by atoms with E-state index in [2.05, 4.69) is 4.74 Å². The van der Waals surface area contributed by atoms with Crippen LogP contribution in [0.1, 0.15) is 5.56 Å². The molecule has 1 saturated heterocycles. The quantitative estimate of drug-likeness (QED) is 0.543. The molecular formula is C20H17NO6S. The summed E-state index contributed by atoms with van der Waals surface area (Å²) in [7, 11) is 2.74. The molecule has 2 amide bonds. The Kier molecular flexibility index (Phi) is 6.00. The zero-order valence-electron chi connectivity index (χ0n) is 15.2. The second-order valence-corrected chi connectivity index (χ2v) is 6.58. The number of methoxy groups -OCH3 is 2. The zero-order valence-corrected chi connectivity index (χ0v) is 16.0. The molecule has 8 heteroatoms. The van der Waals surface area contributed by atoms with Gasteiger partial charge in [-0.3, -0.25) is 9.59 Å². The van der Waals surface area contributed by atoms with Crippen LogP contribution >= 0.6 is 11.8 Å². The van der Waals surface area contributed by atoms with Gasteiger partial charge in [0.05, 0.1) is 24.8 Å². The van der Waals surface area contributed by atoms with Gasteiger partial charge in [-0.25, -0.2) is 9.69 Å². The Balaban J connectivity index is 1.90. The van der Waals surface area contributed by atoms with Gasteiger partial charge in [0.2, 0.25) is 0 Å². The summed E-state index contributed by atoms with van der Waals surface area (Å²) in [5.74, 6) is -0.154. The lowest BCUT2D eigenvalue weighted by Crippen LogP contribution is -2.28. The standard InChI is InChI=1S/C20H17NO6S/c1-25-16-10-6-4-8-14(16)21-19(23)17(28-20(21)24)11-13-7-3-5-9-15(13)27-12-18(22)26-2/h3-11H,12H2,1-2H3. The molecule has 1 aliphatic heterocycles. The first-order valence-corrected chi connectivity index (χ1v) is 9.06. The van der Waals surface area contributed by atoms with Crippen LogP contribution in [0.2, 0.25) is 0 Å². The molecule has 2 aromatic rings. The number of nitrogens with zero attached hydrogens (tertiary/aromatic N) is 1. The van der Waals surface area contributed by atoms with Crippen LogP contribution in [-0.4, -0.2) is 37.9 Å². The summed E-state index contributed by atoms with van der Waals surface area (Å²) in [5, 5.41) is -0.422. The number of carbonyl (C=O) groups excluding carboxylic acids is 3. The highest BCUT2D eigenvalue weighted by molar-refractivity contribution is 8.19. The van der Waals surface area contributed by atoms with Crippen molar-refractivity contribution in [3.8, 4) is 11.5 Å². The van der Waals surface area contributed by atoms with E-state index < -0.39 is 17.1 Å². The highest BCUT2D eigenvalue weighted by atomic mass is 32.2. The highest BCUT2D eigenvalue weighted by Crippen LogP contribution is 2.40. The van der Waals surface area contributed by atoms with E-state index in [9.17, 15) is 14.4 Å². The van der Waals surface area contributed by atoms with Gasteiger partial charge in [0.25, 0.3) is 11.1 Å². The van der Waals surface area contributed by atoms with Crippen molar-refractivity contribution in [2.45, 2.75) is 0 Å². The van der Waals surface area contributed by atoms with Crippen LogP contribution in [0.25, 0.3) is 6.08 Å². The van der Waals surface area contributed by atoms with Gasteiger partial charge < -0.3 is 14.2 Å². The molecule has 28 heavy (non-hydrogen) atoms. The number of ether oxygens (including phenoxy) is 3. The second kappa shape index (κ2) is 8.62. The molecule has 0 bridgehead atoms. The van der Waals surface area contributed by atoms with Crippen molar-refractivity contribution < 1.29 is 28.6 Å². The molecule has 0 radical (unpaired) electrons. The van der Waals surface area contributed by atoms with E-state index in [4.69, 9.17) is 9.47 Å². The number of thioether (sulfide) groups is 1. The fourth-order valence-electron chi connectivity index (χ4n) is 2.56. The number of imide groups is 1. The molecule has 2 aromatic carbocycles. The van der Waals surface area contributed by atoms with E-state index in [0.29, 0.717) is 22.7 Å². The molecule has 0 spiro atoms. The van der Waals surface area contributed by atoms with Crippen molar-refractivity contribution in [3.05, 3.63) is 59.0 Å². The van der Waals surface area contributed by atoms with Crippen LogP contribution < -0.4 is 14.4 Å². The largest absolute Gasteiger partial charge is 0.495 e. The smallest absolute Gasteiger partial charge is 0.343 e. The van der Waals surface area contributed by atoms with Gasteiger partial charge in [-0.15, -0.1) is 0 Å². The first-order valence-electron chi connectivity index (χ1n) is 8.24. The molecule has 0 atom stereocenters. The minimum absolute atomic E-state index is 0.241. The predicted octanol–water partition coefficient (Wildman–Crippen LogP) is 3.49. The summed E-state index contributed by atoms with van der Waals surface area (Å²) in [5.41, 5.74) is 0.947. The predicted molar refractivity (Wildman–Crippen MR) is 105 cm³/mol. The Morgan fingerprint density at radius 2 is 1.71 bits per heavy atom. The third kappa shape index (κ3) is 4.01. The van der Waals surface area contributed by atoms with Crippen LogP contribution in [0.4, 0.5) is 10.5 Å². The van der Waals surface area contributed by atoms with E-state index in [1.807, 2.05) is 0 Å². The molecule has 144 valence electrons. The number of para-hydroxylation sites is 3. The van der Waals surface area contributed by atoms with Crippen LogP contribution in [0, 0.1) is 0 Å². The van der Waals surface area contributed by atoms with E-state index in [0.717, 1.165) is 16.7 Å². The highest BCUT2D eigenvalue weighted by Gasteiger charge is 2.37. The lowest BCUT2D eigenvalue weighted by Gasteiger charge is -2.15. The monoisotopic (exact) mass is 399 g/mol. The van der Waals surface area contributed by atoms with Crippen molar-refractivity contribution in [1.82, 2.24) is 0 Å². The third-order valence-corrected chi connectivity index (χ3v) is 4.77. The first kappa shape index (κ1) is 19.5. The molecular weight excluding hydrogens is 382 g/mol. The van der Waals surface area contributed by atoms with Gasteiger partial charge in [-0.05, 0) is 36.0 Å². The van der Waals surface area contributed by atoms with Gasteiger partial charge in [0, 0.05) is 5.56 Å². The maximum absolute atomic E-state index is 12.9. The molecule has 7 nitrogen and oxygen atoms in total. The lowest BCUT2D eigenvalue weighted by molar-refractivity contribution is -0.142. The lowest BCUT2D eigenvalue weighted by atomic mass is 10.2. The third-order valence-electron chi connectivity index (χ3n) is 3.90. The number of benzene rings is 2. The van der Waals surface area contributed by atoms with Gasteiger partial charge in [-0.1, -0.05) is 30.3 Å². The minimum Gasteiger partial charge on any atom is -0.495 e. The average molecular weight is 399 g/mol. The van der Waals surface area contributed by atoms with Crippen LogP contribution in [0.3, 0.4) is 0 Å². The molecule has 1 heterocycles. The number of hydrogen-bond acceptors (Lipinski definition) is 7. The topological polar surface area (TPSA) is 82.1 Å². The van der Waals surface area contributed by atoms with Crippen molar-refractivity contribution in [2.75, 3.05) is 25.7 Å². The van der Waals surface area contributed by atoms with E-state index in [1.54, 1.807) is 54.6 Å². The molecule has 0 aromatic heterocycles. The van der Waals surface area contributed by atoms with Crippen LogP contribution in [0.5, 0.6) is 11.5 Å². The van der Waals surface area contributed by atoms with E-state index >= 15 is 0 Å². The molecule has 0 aliphatic carbocycles. The Labute approximate surface area is 165 Å². The van der Waals surface area contributed by atoms with Crippen molar-refractivity contribution in [3.63, 3.8) is 0 Å². The Morgan fingerprint density at radius 3 is 2.43 bits per heavy atom. The molecule has 0 N–H and O–H groups in total.